The van der Waals surface area contributed by atoms with Gasteiger partial charge in [-0.05, 0) is 31.5 Å². The van der Waals surface area contributed by atoms with Crippen LogP contribution in [0.3, 0.4) is 0 Å². The van der Waals surface area contributed by atoms with Crippen LogP contribution in [-0.2, 0) is 16.6 Å². The maximum Gasteiger partial charge on any atom is 0.237 e. The molecule has 0 heterocycles. The van der Waals surface area contributed by atoms with E-state index in [1.807, 2.05) is 12.1 Å². The van der Waals surface area contributed by atoms with Gasteiger partial charge in [0.05, 0.1) is 10.9 Å². The van der Waals surface area contributed by atoms with Crippen molar-refractivity contribution in [2.45, 2.75) is 25.6 Å². The van der Waals surface area contributed by atoms with Gasteiger partial charge in [-0.1, -0.05) is 12.1 Å². The zero-order valence-corrected chi connectivity index (χ0v) is 10.7. The molecule has 0 radical (unpaired) electrons. The Labute approximate surface area is 97.1 Å². The van der Waals surface area contributed by atoms with E-state index < -0.39 is 15.3 Å². The van der Waals surface area contributed by atoms with Gasteiger partial charge in [-0.2, -0.15) is 0 Å². The Bertz CT molecular complexity index is 455. The van der Waals surface area contributed by atoms with Crippen LogP contribution in [-0.4, -0.2) is 20.7 Å². The van der Waals surface area contributed by atoms with Crippen molar-refractivity contribution in [3.05, 3.63) is 29.8 Å². The molecule has 0 aliphatic heterocycles. The fraction of sp³-hybridized carbons (Fsp3) is 0.455. The van der Waals surface area contributed by atoms with E-state index in [0.717, 1.165) is 5.56 Å². The van der Waals surface area contributed by atoms with Crippen molar-refractivity contribution in [1.82, 2.24) is 0 Å². The van der Waals surface area contributed by atoms with Crippen molar-refractivity contribution in [3.8, 4) is 0 Å². The highest BCUT2D eigenvalue weighted by Crippen LogP contribution is 2.19. The SMILES string of the molecule is CC(C)S(=O)(=O)N(C)c1cccc(CN)c1. The van der Waals surface area contributed by atoms with Gasteiger partial charge < -0.3 is 5.73 Å². The smallest absolute Gasteiger partial charge is 0.237 e. The first kappa shape index (κ1) is 13.0. The number of rotatable bonds is 4. The summed E-state index contributed by atoms with van der Waals surface area (Å²) in [5.41, 5.74) is 7.09. The van der Waals surface area contributed by atoms with Crippen molar-refractivity contribution >= 4 is 15.7 Å². The van der Waals surface area contributed by atoms with Crippen molar-refractivity contribution in [3.63, 3.8) is 0 Å². The molecule has 5 heteroatoms. The van der Waals surface area contributed by atoms with Crippen LogP contribution in [0.25, 0.3) is 0 Å². The van der Waals surface area contributed by atoms with Crippen LogP contribution in [0, 0.1) is 0 Å². The highest BCUT2D eigenvalue weighted by atomic mass is 32.2. The summed E-state index contributed by atoms with van der Waals surface area (Å²) in [6.45, 7) is 3.74. The Hall–Kier alpha value is -1.07. The lowest BCUT2D eigenvalue weighted by Gasteiger charge is -2.22. The first-order valence-electron chi connectivity index (χ1n) is 5.16. The molecule has 0 aliphatic carbocycles. The standard InChI is InChI=1S/C11H18N2O2S/c1-9(2)16(14,15)13(3)11-6-4-5-10(7-11)8-12/h4-7,9H,8,12H2,1-3H3. The Kier molecular flexibility index (Phi) is 3.93. The summed E-state index contributed by atoms with van der Waals surface area (Å²) < 4.78 is 25.2. The van der Waals surface area contributed by atoms with Crippen LogP contribution in [0.5, 0.6) is 0 Å². The molecule has 0 saturated heterocycles. The van der Waals surface area contributed by atoms with E-state index in [0.29, 0.717) is 12.2 Å². The molecule has 1 aromatic carbocycles. The highest BCUT2D eigenvalue weighted by Gasteiger charge is 2.22. The number of nitrogens with two attached hydrogens (primary N) is 1. The normalized spacial score (nSPS) is 11.8. The number of anilines is 1. The van der Waals surface area contributed by atoms with Gasteiger partial charge >= 0.3 is 0 Å². The molecule has 0 unspecified atom stereocenters. The van der Waals surface area contributed by atoms with Crippen molar-refractivity contribution in [1.29, 1.82) is 0 Å². The molecule has 16 heavy (non-hydrogen) atoms. The lowest BCUT2D eigenvalue weighted by atomic mass is 10.2. The zero-order chi connectivity index (χ0) is 12.3. The minimum Gasteiger partial charge on any atom is -0.326 e. The third-order valence-electron chi connectivity index (χ3n) is 2.49. The van der Waals surface area contributed by atoms with Gasteiger partial charge in [-0.3, -0.25) is 4.31 Å². The van der Waals surface area contributed by atoms with Crippen LogP contribution in [0.4, 0.5) is 5.69 Å². The molecule has 0 atom stereocenters. The molecule has 1 rings (SSSR count). The number of benzene rings is 1. The summed E-state index contributed by atoms with van der Waals surface area (Å²) in [5, 5.41) is -0.431. The van der Waals surface area contributed by atoms with E-state index in [2.05, 4.69) is 0 Å². The largest absolute Gasteiger partial charge is 0.326 e. The van der Waals surface area contributed by atoms with E-state index in [1.54, 1.807) is 33.0 Å². The molecule has 0 spiro atoms. The van der Waals surface area contributed by atoms with Crippen molar-refractivity contribution < 1.29 is 8.42 Å². The molecule has 0 saturated carbocycles. The fourth-order valence-corrected chi connectivity index (χ4v) is 2.38. The van der Waals surface area contributed by atoms with E-state index in [4.69, 9.17) is 5.73 Å². The molecule has 90 valence electrons. The summed E-state index contributed by atoms with van der Waals surface area (Å²) in [5.74, 6) is 0. The average molecular weight is 242 g/mol. The number of nitrogens with zero attached hydrogens (tertiary/aromatic N) is 1. The number of sulfonamides is 1. The summed E-state index contributed by atoms with van der Waals surface area (Å²) in [4.78, 5) is 0. The molecular weight excluding hydrogens is 224 g/mol. The van der Waals surface area contributed by atoms with Crippen LogP contribution < -0.4 is 10.0 Å². The van der Waals surface area contributed by atoms with Gasteiger partial charge in [-0.15, -0.1) is 0 Å². The second-order valence-corrected chi connectivity index (χ2v) is 6.46. The van der Waals surface area contributed by atoms with E-state index in [-0.39, 0.29) is 0 Å². The lowest BCUT2D eigenvalue weighted by Crippen LogP contribution is -2.33. The number of hydrogen-bond donors (Lipinski definition) is 1. The summed E-state index contributed by atoms with van der Waals surface area (Å²) in [6.07, 6.45) is 0. The topological polar surface area (TPSA) is 63.4 Å². The maximum atomic E-state index is 11.9. The van der Waals surface area contributed by atoms with Crippen molar-refractivity contribution in [2.75, 3.05) is 11.4 Å². The third kappa shape index (κ3) is 2.54. The predicted octanol–water partition coefficient (Wildman–Crippen LogP) is 1.32. The van der Waals surface area contributed by atoms with E-state index >= 15 is 0 Å². The minimum atomic E-state index is -3.26. The van der Waals surface area contributed by atoms with Crippen LogP contribution >= 0.6 is 0 Å². The molecule has 2 N–H and O–H groups in total. The monoisotopic (exact) mass is 242 g/mol. The first-order valence-corrected chi connectivity index (χ1v) is 6.66. The summed E-state index contributed by atoms with van der Waals surface area (Å²) in [7, 11) is -1.70. The minimum absolute atomic E-state index is 0.406. The van der Waals surface area contributed by atoms with Gasteiger partial charge in [0.2, 0.25) is 10.0 Å². The van der Waals surface area contributed by atoms with Crippen LogP contribution in [0.2, 0.25) is 0 Å². The molecule has 0 fully saturated rings. The van der Waals surface area contributed by atoms with Gasteiger partial charge in [0.15, 0.2) is 0 Å². The maximum absolute atomic E-state index is 11.9. The zero-order valence-electron chi connectivity index (χ0n) is 9.84. The highest BCUT2D eigenvalue weighted by molar-refractivity contribution is 7.93. The van der Waals surface area contributed by atoms with Crippen LogP contribution in [0.15, 0.2) is 24.3 Å². The Balaban J connectivity index is 3.10. The van der Waals surface area contributed by atoms with Crippen LogP contribution in [0.1, 0.15) is 19.4 Å². The molecule has 0 aliphatic rings. The molecule has 4 nitrogen and oxygen atoms in total. The van der Waals surface area contributed by atoms with Gasteiger partial charge in [0.25, 0.3) is 0 Å². The predicted molar refractivity (Wildman–Crippen MR) is 66.8 cm³/mol. The second kappa shape index (κ2) is 4.84. The number of hydrogen-bond acceptors (Lipinski definition) is 3. The van der Waals surface area contributed by atoms with E-state index in [9.17, 15) is 8.42 Å². The average Bonchev–Trinajstić information content (AvgIpc) is 2.27. The first-order chi connectivity index (χ1) is 7.39. The lowest BCUT2D eigenvalue weighted by molar-refractivity contribution is 0.585. The Morgan fingerprint density at radius 2 is 2.00 bits per heavy atom. The Morgan fingerprint density at radius 3 is 2.50 bits per heavy atom. The van der Waals surface area contributed by atoms with Gasteiger partial charge in [-0.25, -0.2) is 8.42 Å². The van der Waals surface area contributed by atoms with Gasteiger partial charge in [0.1, 0.15) is 0 Å². The van der Waals surface area contributed by atoms with E-state index in [1.165, 1.54) is 4.31 Å². The third-order valence-corrected chi connectivity index (χ3v) is 4.65. The summed E-state index contributed by atoms with van der Waals surface area (Å²) >= 11 is 0. The quantitative estimate of drug-likeness (QED) is 0.866. The molecule has 0 amide bonds. The molecular formula is C11H18N2O2S. The molecule has 0 bridgehead atoms. The Morgan fingerprint density at radius 1 is 1.38 bits per heavy atom. The molecule has 1 aromatic rings. The fourth-order valence-electron chi connectivity index (χ4n) is 1.34. The summed E-state index contributed by atoms with van der Waals surface area (Å²) in [6, 6.07) is 7.24. The van der Waals surface area contributed by atoms with Gasteiger partial charge in [0, 0.05) is 13.6 Å². The second-order valence-electron chi connectivity index (χ2n) is 3.94. The van der Waals surface area contributed by atoms with Crippen molar-refractivity contribution in [2.24, 2.45) is 5.73 Å². The molecule has 0 aromatic heterocycles.